The van der Waals surface area contributed by atoms with Crippen LogP contribution < -0.4 is 0 Å². The first-order chi connectivity index (χ1) is 5.57. The Balaban J connectivity index is 4.54. The number of halogens is 3. The van der Waals surface area contributed by atoms with Gasteiger partial charge in [0.1, 0.15) is 5.60 Å². The zero-order valence-corrected chi connectivity index (χ0v) is 7.47. The van der Waals surface area contributed by atoms with Gasteiger partial charge in [-0.1, -0.05) is 0 Å². The third-order valence-electron chi connectivity index (χ3n) is 1.32. The quantitative estimate of drug-likeness (QED) is 0.697. The molecule has 0 aliphatic carbocycles. The first-order valence-electron chi connectivity index (χ1n) is 3.51. The lowest BCUT2D eigenvalue weighted by atomic mass is 10.0. The Bertz CT molecular complexity index is 198. The lowest BCUT2D eigenvalue weighted by molar-refractivity contribution is -0.274. The molecule has 0 aliphatic rings. The van der Waals surface area contributed by atoms with Gasteiger partial charge in [0.15, 0.2) is 0 Å². The number of alkyl halides is 3. The minimum atomic E-state index is -4.51. The Labute approximate surface area is 73.5 Å². The van der Waals surface area contributed by atoms with E-state index >= 15 is 0 Å². The molecule has 0 aromatic carbocycles. The Morgan fingerprint density at radius 1 is 1.46 bits per heavy atom. The van der Waals surface area contributed by atoms with Crippen molar-refractivity contribution in [2.75, 3.05) is 0 Å². The number of hydrogen-bond donors (Lipinski definition) is 1. The second kappa shape index (κ2) is 3.53. The molecular weight excluding hydrogens is 189 g/mol. The first-order valence-corrected chi connectivity index (χ1v) is 3.51. The molecular formula is C7H11F3O3. The molecule has 1 atom stereocenters. The molecule has 3 nitrogen and oxygen atoms in total. The maximum Gasteiger partial charge on any atom is 0.388 e. The van der Waals surface area contributed by atoms with Crippen LogP contribution in [0.1, 0.15) is 20.8 Å². The first kappa shape index (κ1) is 12.2. The fraction of sp³-hybridized carbons (Fsp3) is 0.857. The van der Waals surface area contributed by atoms with Crippen molar-refractivity contribution in [2.24, 2.45) is 0 Å². The standard InChI is InChI=1S/C7H11F3O3/c1-4(11)13-6(2,3)5(8)7(9,10)12/h5,12H,1-3H3. The zero-order valence-electron chi connectivity index (χ0n) is 7.47. The highest BCUT2D eigenvalue weighted by Crippen LogP contribution is 2.29. The van der Waals surface area contributed by atoms with E-state index in [1.54, 1.807) is 0 Å². The molecule has 0 saturated heterocycles. The minimum absolute atomic E-state index is 0.892. The third kappa shape index (κ3) is 3.63. The van der Waals surface area contributed by atoms with Crippen molar-refractivity contribution in [1.29, 1.82) is 0 Å². The van der Waals surface area contributed by atoms with E-state index in [2.05, 4.69) is 4.74 Å². The summed E-state index contributed by atoms with van der Waals surface area (Å²) in [6.07, 6.45) is -7.47. The number of hydrogen-bond acceptors (Lipinski definition) is 3. The van der Waals surface area contributed by atoms with Crippen molar-refractivity contribution < 1.29 is 27.8 Å². The average molecular weight is 200 g/mol. The van der Waals surface area contributed by atoms with Crippen molar-refractivity contribution in [3.8, 4) is 0 Å². The van der Waals surface area contributed by atoms with Gasteiger partial charge in [-0.15, -0.1) is 0 Å². The highest BCUT2D eigenvalue weighted by molar-refractivity contribution is 5.66. The van der Waals surface area contributed by atoms with Crippen molar-refractivity contribution in [2.45, 2.75) is 38.7 Å². The number of esters is 1. The summed E-state index contributed by atoms with van der Waals surface area (Å²) in [6, 6.07) is 0. The number of carbonyl (C=O) groups is 1. The van der Waals surface area contributed by atoms with Gasteiger partial charge in [0.25, 0.3) is 0 Å². The van der Waals surface area contributed by atoms with Gasteiger partial charge in [0.05, 0.1) is 0 Å². The molecule has 0 amide bonds. The van der Waals surface area contributed by atoms with Gasteiger partial charge < -0.3 is 9.84 Å². The van der Waals surface area contributed by atoms with Crippen molar-refractivity contribution >= 4 is 5.97 Å². The molecule has 0 spiro atoms. The lowest BCUT2D eigenvalue weighted by Crippen LogP contribution is -2.48. The van der Waals surface area contributed by atoms with Crippen LogP contribution in [0.15, 0.2) is 0 Å². The summed E-state index contributed by atoms with van der Waals surface area (Å²) in [5.74, 6) is -0.892. The molecule has 0 radical (unpaired) electrons. The van der Waals surface area contributed by atoms with E-state index in [9.17, 15) is 18.0 Å². The molecule has 0 rings (SSSR count). The second-order valence-corrected chi connectivity index (χ2v) is 3.15. The summed E-state index contributed by atoms with van der Waals surface area (Å²) >= 11 is 0. The third-order valence-corrected chi connectivity index (χ3v) is 1.32. The smallest absolute Gasteiger partial charge is 0.388 e. The van der Waals surface area contributed by atoms with E-state index in [0.29, 0.717) is 0 Å². The largest absolute Gasteiger partial charge is 0.456 e. The topological polar surface area (TPSA) is 46.5 Å². The van der Waals surface area contributed by atoms with E-state index in [-0.39, 0.29) is 0 Å². The van der Waals surface area contributed by atoms with Gasteiger partial charge in [-0.3, -0.25) is 4.79 Å². The number of aliphatic hydroxyl groups is 1. The summed E-state index contributed by atoms with van der Waals surface area (Å²) in [4.78, 5) is 10.4. The second-order valence-electron chi connectivity index (χ2n) is 3.15. The van der Waals surface area contributed by atoms with Crippen LogP contribution >= 0.6 is 0 Å². The van der Waals surface area contributed by atoms with Gasteiger partial charge in [0.2, 0.25) is 6.17 Å². The van der Waals surface area contributed by atoms with Gasteiger partial charge in [-0.05, 0) is 13.8 Å². The highest BCUT2D eigenvalue weighted by Gasteiger charge is 2.50. The van der Waals surface area contributed by atoms with E-state index in [0.717, 1.165) is 20.8 Å². The normalized spacial score (nSPS) is 15.3. The van der Waals surface area contributed by atoms with E-state index in [1.165, 1.54) is 0 Å². The van der Waals surface area contributed by atoms with Crippen LogP contribution in [0, 0.1) is 0 Å². The van der Waals surface area contributed by atoms with Crippen LogP contribution in [0.3, 0.4) is 0 Å². The van der Waals surface area contributed by atoms with Crippen molar-refractivity contribution in [3.63, 3.8) is 0 Å². The van der Waals surface area contributed by atoms with E-state index < -0.39 is 23.9 Å². The summed E-state index contributed by atoms with van der Waals surface area (Å²) in [6.45, 7) is 2.86. The molecule has 0 aromatic rings. The van der Waals surface area contributed by atoms with Crippen LogP contribution in [0.4, 0.5) is 13.2 Å². The number of carbonyl (C=O) groups excluding carboxylic acids is 1. The average Bonchev–Trinajstić information content (AvgIpc) is 1.80. The summed E-state index contributed by atoms with van der Waals surface area (Å²) in [5.41, 5.74) is -2.05. The lowest BCUT2D eigenvalue weighted by Gasteiger charge is -2.30. The maximum atomic E-state index is 12.8. The molecule has 1 N–H and O–H groups in total. The zero-order chi connectivity index (χ0) is 10.9. The van der Waals surface area contributed by atoms with Crippen LogP contribution in [0.5, 0.6) is 0 Å². The molecule has 0 saturated carbocycles. The number of ether oxygens (including phenoxy) is 1. The Morgan fingerprint density at radius 2 is 1.85 bits per heavy atom. The van der Waals surface area contributed by atoms with E-state index in [1.807, 2.05) is 0 Å². The Morgan fingerprint density at radius 3 is 2.08 bits per heavy atom. The highest BCUT2D eigenvalue weighted by atomic mass is 19.3. The fourth-order valence-electron chi connectivity index (χ4n) is 0.840. The SMILES string of the molecule is CC(=O)OC(C)(C)C(F)C(O)(F)F. The van der Waals surface area contributed by atoms with Gasteiger partial charge in [-0.2, -0.15) is 8.78 Å². The molecule has 6 heteroatoms. The number of rotatable bonds is 3. The van der Waals surface area contributed by atoms with Crippen LogP contribution in [0.2, 0.25) is 0 Å². The molecule has 0 aromatic heterocycles. The Kier molecular flexibility index (Phi) is 3.32. The molecule has 0 heterocycles. The summed E-state index contributed by atoms with van der Waals surface area (Å²) < 4.78 is 41.1. The van der Waals surface area contributed by atoms with Crippen molar-refractivity contribution in [3.05, 3.63) is 0 Å². The van der Waals surface area contributed by atoms with Crippen LogP contribution in [-0.4, -0.2) is 29.0 Å². The monoisotopic (exact) mass is 200 g/mol. The Hall–Kier alpha value is -0.780. The summed E-state index contributed by atoms with van der Waals surface area (Å²) in [7, 11) is 0. The predicted molar refractivity (Wildman–Crippen MR) is 37.9 cm³/mol. The maximum absolute atomic E-state index is 12.8. The van der Waals surface area contributed by atoms with Gasteiger partial charge >= 0.3 is 12.1 Å². The minimum Gasteiger partial charge on any atom is -0.456 e. The van der Waals surface area contributed by atoms with Crippen LogP contribution in [0.25, 0.3) is 0 Å². The molecule has 1 unspecified atom stereocenters. The fourth-order valence-corrected chi connectivity index (χ4v) is 0.840. The molecule has 13 heavy (non-hydrogen) atoms. The van der Waals surface area contributed by atoms with Gasteiger partial charge in [-0.25, -0.2) is 4.39 Å². The molecule has 0 aliphatic heterocycles. The van der Waals surface area contributed by atoms with Gasteiger partial charge in [0, 0.05) is 6.92 Å². The summed E-state index contributed by atoms with van der Waals surface area (Å²) in [5, 5.41) is 8.04. The van der Waals surface area contributed by atoms with Crippen LogP contribution in [-0.2, 0) is 9.53 Å². The van der Waals surface area contributed by atoms with E-state index in [4.69, 9.17) is 5.11 Å². The molecule has 0 bridgehead atoms. The predicted octanol–water partition coefficient (Wildman–Crippen LogP) is 1.25. The van der Waals surface area contributed by atoms with Crippen molar-refractivity contribution in [1.82, 2.24) is 0 Å². The molecule has 0 fully saturated rings. The molecule has 78 valence electrons.